The summed E-state index contributed by atoms with van der Waals surface area (Å²) in [4.78, 5) is 18.1. The Kier molecular flexibility index (Phi) is 5.68. The molecule has 6 rings (SSSR count). The van der Waals surface area contributed by atoms with E-state index in [1.807, 2.05) is 18.5 Å². The first-order chi connectivity index (χ1) is 17.7. The number of ether oxygens (including phenoxy) is 1. The first-order valence-electron chi connectivity index (χ1n) is 12.2. The van der Waals surface area contributed by atoms with Gasteiger partial charge in [0.1, 0.15) is 17.2 Å². The summed E-state index contributed by atoms with van der Waals surface area (Å²) in [6, 6.07) is 4.34. The summed E-state index contributed by atoms with van der Waals surface area (Å²) in [6.07, 6.45) is 3.51. The van der Waals surface area contributed by atoms with Crippen LogP contribution in [0.3, 0.4) is 0 Å². The molecule has 0 aliphatic carbocycles. The van der Waals surface area contributed by atoms with Crippen LogP contribution in [0, 0.1) is 5.41 Å². The Morgan fingerprint density at radius 1 is 1.14 bits per heavy atom. The molecule has 6 heterocycles. The van der Waals surface area contributed by atoms with Crippen LogP contribution < -0.4 is 4.90 Å². The first kappa shape index (κ1) is 23.9. The van der Waals surface area contributed by atoms with Gasteiger partial charge in [0.25, 0.3) is 0 Å². The molecule has 4 aromatic heterocycles. The summed E-state index contributed by atoms with van der Waals surface area (Å²) in [5.41, 5.74) is 1.26. The smallest absolute Gasteiger partial charge is 0.380 e. The second-order valence-electron chi connectivity index (χ2n) is 10.2. The van der Waals surface area contributed by atoms with Gasteiger partial charge in [-0.2, -0.15) is 18.3 Å². The molecule has 0 aromatic carbocycles. The zero-order valence-corrected chi connectivity index (χ0v) is 20.5. The van der Waals surface area contributed by atoms with Crippen molar-refractivity contribution >= 4 is 11.5 Å². The number of halogens is 3. The number of hydrogen-bond donors (Lipinski definition) is 1. The van der Waals surface area contributed by atoms with Gasteiger partial charge < -0.3 is 9.64 Å². The number of piperazine rings is 1. The molecule has 2 atom stereocenters. The van der Waals surface area contributed by atoms with Crippen LogP contribution in [-0.2, 0) is 10.9 Å². The lowest BCUT2D eigenvalue weighted by molar-refractivity contribution is -0.137. The Morgan fingerprint density at radius 2 is 1.97 bits per heavy atom. The lowest BCUT2D eigenvalue weighted by Gasteiger charge is -2.50. The average molecular weight is 513 g/mol. The van der Waals surface area contributed by atoms with Crippen LogP contribution in [0.2, 0.25) is 0 Å². The number of imidazole rings is 1. The minimum atomic E-state index is -4.46. The molecule has 1 N–H and O–H groups in total. The Bertz CT molecular complexity index is 1400. The number of anilines is 1. The standard InChI is InChI=1S/C25H27F3N8O/c1-16-22(17-9-31-32-10-17)34(13-24(2)14-37-15-24)7-8-35(16)21-5-6-29-23(33-21)19-11-30-20-4-3-18(12-36(19)20)25(26,27)28/h3-6,9-12,16,22H,7-8,13-15H2,1-2H3,(H,31,32)/t16-,22+/m0/s1. The fraction of sp³-hybridized carbons (Fsp3) is 0.440. The van der Waals surface area contributed by atoms with Gasteiger partial charge in [0.15, 0.2) is 5.82 Å². The highest BCUT2D eigenvalue weighted by Crippen LogP contribution is 2.37. The third-order valence-corrected chi connectivity index (χ3v) is 7.31. The normalized spacial score (nSPS) is 22.4. The number of pyridine rings is 1. The van der Waals surface area contributed by atoms with Gasteiger partial charge in [0.05, 0.1) is 37.2 Å². The number of alkyl halides is 3. The number of fused-ring (bicyclic) bond motifs is 1. The molecular weight excluding hydrogens is 485 g/mol. The molecular formula is C25H27F3N8O. The van der Waals surface area contributed by atoms with Crippen molar-refractivity contribution in [1.29, 1.82) is 0 Å². The van der Waals surface area contributed by atoms with Crippen molar-refractivity contribution in [3.63, 3.8) is 0 Å². The lowest BCUT2D eigenvalue weighted by atomic mass is 9.86. The van der Waals surface area contributed by atoms with Gasteiger partial charge in [0.2, 0.25) is 0 Å². The van der Waals surface area contributed by atoms with E-state index in [1.54, 1.807) is 6.20 Å². The molecule has 0 radical (unpaired) electrons. The Balaban J connectivity index is 1.32. The predicted molar refractivity (Wildman–Crippen MR) is 130 cm³/mol. The molecule has 9 nitrogen and oxygen atoms in total. The summed E-state index contributed by atoms with van der Waals surface area (Å²) >= 11 is 0. The zero-order chi connectivity index (χ0) is 25.8. The molecule has 0 spiro atoms. The van der Waals surface area contributed by atoms with E-state index >= 15 is 0 Å². The summed E-state index contributed by atoms with van der Waals surface area (Å²) < 4.78 is 46.9. The topological polar surface area (TPSA) is 87.5 Å². The van der Waals surface area contributed by atoms with E-state index in [9.17, 15) is 13.2 Å². The molecule has 2 aliphatic heterocycles. The fourth-order valence-electron chi connectivity index (χ4n) is 5.45. The van der Waals surface area contributed by atoms with Crippen molar-refractivity contribution in [2.24, 2.45) is 5.41 Å². The zero-order valence-electron chi connectivity index (χ0n) is 20.5. The van der Waals surface area contributed by atoms with E-state index in [1.165, 1.54) is 16.7 Å². The van der Waals surface area contributed by atoms with Gasteiger partial charge in [-0.05, 0) is 25.1 Å². The minimum absolute atomic E-state index is 0.0534. The quantitative estimate of drug-likeness (QED) is 0.435. The second kappa shape index (κ2) is 8.80. The molecule has 37 heavy (non-hydrogen) atoms. The van der Waals surface area contributed by atoms with Crippen LogP contribution in [0.5, 0.6) is 0 Å². The number of rotatable bonds is 5. The maximum Gasteiger partial charge on any atom is 0.417 e. The number of hydrogen-bond acceptors (Lipinski definition) is 7. The number of H-pyrrole nitrogens is 1. The molecule has 4 aromatic rings. The molecule has 2 saturated heterocycles. The van der Waals surface area contributed by atoms with Crippen LogP contribution in [0.4, 0.5) is 19.0 Å². The Labute approximate surface area is 211 Å². The average Bonchev–Trinajstić information content (AvgIpc) is 3.53. The first-order valence-corrected chi connectivity index (χ1v) is 12.2. The Morgan fingerprint density at radius 3 is 2.68 bits per heavy atom. The third-order valence-electron chi connectivity index (χ3n) is 7.31. The molecule has 12 heteroatoms. The summed E-state index contributed by atoms with van der Waals surface area (Å²) in [7, 11) is 0. The van der Waals surface area contributed by atoms with Gasteiger partial charge >= 0.3 is 6.18 Å². The van der Waals surface area contributed by atoms with Gasteiger partial charge in [-0.25, -0.2) is 15.0 Å². The number of nitrogens with one attached hydrogen (secondary N) is 1. The number of nitrogens with zero attached hydrogens (tertiary/aromatic N) is 7. The van der Waals surface area contributed by atoms with Crippen molar-refractivity contribution in [3.05, 3.63) is 60.3 Å². The lowest BCUT2D eigenvalue weighted by Crippen LogP contribution is -2.58. The van der Waals surface area contributed by atoms with E-state index in [0.29, 0.717) is 23.0 Å². The van der Waals surface area contributed by atoms with E-state index < -0.39 is 11.7 Å². The van der Waals surface area contributed by atoms with Crippen LogP contribution >= 0.6 is 0 Å². The van der Waals surface area contributed by atoms with Gasteiger partial charge in [0, 0.05) is 55.2 Å². The van der Waals surface area contributed by atoms with Gasteiger partial charge in [-0.15, -0.1) is 0 Å². The maximum atomic E-state index is 13.3. The molecule has 2 aliphatic rings. The van der Waals surface area contributed by atoms with Crippen LogP contribution in [0.1, 0.15) is 31.0 Å². The number of aromatic nitrogens is 6. The largest absolute Gasteiger partial charge is 0.417 e. The van der Waals surface area contributed by atoms with E-state index in [2.05, 4.69) is 43.8 Å². The molecule has 0 saturated carbocycles. The van der Waals surface area contributed by atoms with Gasteiger partial charge in [-0.1, -0.05) is 6.92 Å². The molecule has 0 unspecified atom stereocenters. The maximum absolute atomic E-state index is 13.3. The summed E-state index contributed by atoms with van der Waals surface area (Å²) in [5, 5.41) is 7.12. The monoisotopic (exact) mass is 512 g/mol. The third kappa shape index (κ3) is 4.33. The van der Waals surface area contributed by atoms with Crippen molar-refractivity contribution in [2.75, 3.05) is 37.7 Å². The van der Waals surface area contributed by atoms with E-state index in [4.69, 9.17) is 9.72 Å². The van der Waals surface area contributed by atoms with E-state index in [0.717, 1.165) is 50.7 Å². The molecule has 0 amide bonds. The SMILES string of the molecule is C[C@H]1[C@H](c2cn[nH]c2)N(CC2(C)COC2)CCN1c1ccnc(-c2cnc3ccc(C(F)(F)F)cn23)n1. The molecule has 2 fully saturated rings. The van der Waals surface area contributed by atoms with Crippen molar-refractivity contribution in [3.8, 4) is 11.5 Å². The van der Waals surface area contributed by atoms with E-state index in [-0.39, 0.29) is 17.5 Å². The van der Waals surface area contributed by atoms with Crippen LogP contribution in [-0.4, -0.2) is 73.3 Å². The highest BCUT2D eigenvalue weighted by atomic mass is 19.4. The molecule has 0 bridgehead atoms. The highest BCUT2D eigenvalue weighted by Gasteiger charge is 2.42. The summed E-state index contributed by atoms with van der Waals surface area (Å²) in [6.45, 7) is 8.40. The minimum Gasteiger partial charge on any atom is -0.380 e. The number of aromatic amines is 1. The fourth-order valence-corrected chi connectivity index (χ4v) is 5.45. The Hall–Kier alpha value is -3.51. The second-order valence-corrected chi connectivity index (χ2v) is 10.2. The van der Waals surface area contributed by atoms with Crippen molar-refractivity contribution in [2.45, 2.75) is 32.1 Å². The molecule has 194 valence electrons. The predicted octanol–water partition coefficient (Wildman–Crippen LogP) is 3.82. The van der Waals surface area contributed by atoms with Gasteiger partial charge in [-0.3, -0.25) is 14.4 Å². The van der Waals surface area contributed by atoms with Crippen LogP contribution in [0.25, 0.3) is 17.2 Å². The van der Waals surface area contributed by atoms with Crippen molar-refractivity contribution in [1.82, 2.24) is 34.4 Å². The summed E-state index contributed by atoms with van der Waals surface area (Å²) in [5.74, 6) is 1.03. The van der Waals surface area contributed by atoms with Crippen molar-refractivity contribution < 1.29 is 17.9 Å². The highest BCUT2D eigenvalue weighted by molar-refractivity contribution is 5.59. The van der Waals surface area contributed by atoms with Crippen LogP contribution in [0.15, 0.2) is 49.2 Å².